The van der Waals surface area contributed by atoms with E-state index in [0.29, 0.717) is 29.4 Å². The largest absolute Gasteiger partial charge is 0.314 e. The maximum Gasteiger partial charge on any atom is 0.150 e. The molecule has 2 fully saturated rings. The van der Waals surface area contributed by atoms with Gasteiger partial charge in [-0.3, -0.25) is 0 Å². The van der Waals surface area contributed by atoms with Crippen LogP contribution in [0.1, 0.15) is 52.9 Å². The summed E-state index contributed by atoms with van der Waals surface area (Å²) in [5, 5.41) is 3.69. The average Bonchev–Trinajstić information content (AvgIpc) is 2.76. The van der Waals surface area contributed by atoms with Crippen LogP contribution in [0.3, 0.4) is 0 Å². The van der Waals surface area contributed by atoms with Crippen LogP contribution in [0.15, 0.2) is 0 Å². The van der Waals surface area contributed by atoms with Crippen LogP contribution in [0.2, 0.25) is 0 Å². The third kappa shape index (κ3) is 3.97. The van der Waals surface area contributed by atoms with Crippen molar-refractivity contribution in [1.29, 1.82) is 0 Å². The summed E-state index contributed by atoms with van der Waals surface area (Å²) in [7, 11) is -2.75. The van der Waals surface area contributed by atoms with Crippen molar-refractivity contribution in [2.24, 2.45) is 23.7 Å². The van der Waals surface area contributed by atoms with Crippen LogP contribution >= 0.6 is 0 Å². The maximum atomic E-state index is 11.8. The van der Waals surface area contributed by atoms with Crippen LogP contribution in [0, 0.1) is 23.7 Å². The lowest BCUT2D eigenvalue weighted by atomic mass is 9.69. The summed E-state index contributed by atoms with van der Waals surface area (Å²) in [6.45, 7) is 7.88. The highest BCUT2D eigenvalue weighted by molar-refractivity contribution is 7.91. The van der Waals surface area contributed by atoms with Crippen molar-refractivity contribution in [3.8, 4) is 0 Å². The van der Waals surface area contributed by atoms with E-state index in [0.717, 1.165) is 31.2 Å². The molecule has 0 spiro atoms. The fraction of sp³-hybridized carbons (Fsp3) is 1.00. The molecular formula is C16H31NO2S. The molecule has 1 saturated carbocycles. The molecule has 1 N–H and O–H groups in total. The number of hydrogen-bond acceptors (Lipinski definition) is 3. The molecule has 1 aliphatic heterocycles. The van der Waals surface area contributed by atoms with Gasteiger partial charge in [0.1, 0.15) is 0 Å². The molecule has 0 amide bonds. The predicted octanol–water partition coefficient (Wildman–Crippen LogP) is 2.86. The zero-order valence-corrected chi connectivity index (χ0v) is 14.1. The quantitative estimate of drug-likeness (QED) is 0.849. The van der Waals surface area contributed by atoms with Gasteiger partial charge in [-0.05, 0) is 62.3 Å². The van der Waals surface area contributed by atoms with Crippen molar-refractivity contribution >= 4 is 9.84 Å². The van der Waals surface area contributed by atoms with E-state index in [9.17, 15) is 8.42 Å². The van der Waals surface area contributed by atoms with E-state index < -0.39 is 9.84 Å². The Labute approximate surface area is 124 Å². The van der Waals surface area contributed by atoms with Crippen molar-refractivity contribution in [3.63, 3.8) is 0 Å². The van der Waals surface area contributed by atoms with Crippen molar-refractivity contribution in [1.82, 2.24) is 5.32 Å². The summed E-state index contributed by atoms with van der Waals surface area (Å²) >= 11 is 0. The third-order valence-electron chi connectivity index (χ3n) is 5.41. The lowest BCUT2D eigenvalue weighted by molar-refractivity contribution is 0.129. The van der Waals surface area contributed by atoms with E-state index in [1.807, 2.05) is 0 Å². The van der Waals surface area contributed by atoms with Crippen LogP contribution in [-0.2, 0) is 9.84 Å². The normalized spacial score (nSPS) is 37.4. The Morgan fingerprint density at radius 3 is 2.50 bits per heavy atom. The Morgan fingerprint density at radius 1 is 1.20 bits per heavy atom. The fourth-order valence-electron chi connectivity index (χ4n) is 4.11. The summed E-state index contributed by atoms with van der Waals surface area (Å²) < 4.78 is 23.6. The fourth-order valence-corrected chi connectivity index (χ4v) is 6.01. The first-order chi connectivity index (χ1) is 9.43. The molecule has 3 nitrogen and oxygen atoms in total. The Hall–Kier alpha value is -0.0900. The van der Waals surface area contributed by atoms with Crippen molar-refractivity contribution in [3.05, 3.63) is 0 Å². The molecule has 1 aliphatic carbocycles. The zero-order valence-electron chi connectivity index (χ0n) is 13.3. The highest BCUT2D eigenvalue weighted by Gasteiger charge is 2.40. The minimum absolute atomic E-state index is 0.399. The van der Waals surface area contributed by atoms with E-state index in [1.54, 1.807) is 0 Å². The molecule has 0 radical (unpaired) electrons. The summed E-state index contributed by atoms with van der Waals surface area (Å²) in [5.74, 6) is 3.33. The van der Waals surface area contributed by atoms with Crippen LogP contribution < -0.4 is 5.32 Å². The molecule has 1 saturated heterocycles. The minimum Gasteiger partial charge on any atom is -0.314 e. The van der Waals surface area contributed by atoms with Gasteiger partial charge in [0, 0.05) is 6.04 Å². The molecule has 4 heteroatoms. The zero-order chi connectivity index (χ0) is 14.8. The van der Waals surface area contributed by atoms with Gasteiger partial charge in [0.15, 0.2) is 9.84 Å². The number of sulfone groups is 1. The lowest BCUT2D eigenvalue weighted by Gasteiger charge is -2.41. The molecule has 1 heterocycles. The smallest absolute Gasteiger partial charge is 0.150 e. The summed E-state index contributed by atoms with van der Waals surface area (Å²) in [6, 6.07) is 0.545. The summed E-state index contributed by atoms with van der Waals surface area (Å²) in [6.07, 6.45) is 5.79. The monoisotopic (exact) mass is 301 g/mol. The van der Waals surface area contributed by atoms with Gasteiger partial charge >= 0.3 is 0 Å². The Kier molecular flexibility index (Phi) is 5.52. The lowest BCUT2D eigenvalue weighted by Crippen LogP contribution is -2.45. The maximum absolute atomic E-state index is 11.8. The number of nitrogens with one attached hydrogen (secondary N) is 1. The van der Waals surface area contributed by atoms with Gasteiger partial charge in [-0.15, -0.1) is 0 Å². The third-order valence-corrected chi connectivity index (χ3v) is 7.21. The molecule has 0 aromatic carbocycles. The van der Waals surface area contributed by atoms with Gasteiger partial charge in [-0.2, -0.15) is 0 Å². The first-order valence-electron chi connectivity index (χ1n) is 8.36. The Bertz CT molecular complexity index is 405. The molecule has 4 atom stereocenters. The van der Waals surface area contributed by atoms with Gasteiger partial charge < -0.3 is 5.32 Å². The first-order valence-corrected chi connectivity index (χ1v) is 10.2. The van der Waals surface area contributed by atoms with Crippen LogP contribution in [-0.4, -0.2) is 32.5 Å². The first kappa shape index (κ1) is 16.3. The predicted molar refractivity (Wildman–Crippen MR) is 84.5 cm³/mol. The van der Waals surface area contributed by atoms with Crippen LogP contribution in [0.5, 0.6) is 0 Å². The molecule has 0 aromatic heterocycles. The van der Waals surface area contributed by atoms with E-state index in [2.05, 4.69) is 26.1 Å². The van der Waals surface area contributed by atoms with E-state index in [1.165, 1.54) is 19.3 Å². The van der Waals surface area contributed by atoms with Crippen molar-refractivity contribution < 1.29 is 8.42 Å². The molecular weight excluding hydrogens is 270 g/mol. The second-order valence-electron chi connectivity index (χ2n) is 7.20. The number of hydrogen-bond donors (Lipinski definition) is 1. The SMILES string of the molecule is CCCNC1CCC(C(C)C)CC1C1CCS(=O)(=O)C1. The Morgan fingerprint density at radius 2 is 1.95 bits per heavy atom. The van der Waals surface area contributed by atoms with Crippen molar-refractivity contribution in [2.45, 2.75) is 58.9 Å². The summed E-state index contributed by atoms with van der Waals surface area (Å²) in [4.78, 5) is 0. The second kappa shape index (κ2) is 6.78. The summed E-state index contributed by atoms with van der Waals surface area (Å²) in [5.41, 5.74) is 0. The van der Waals surface area contributed by atoms with Gasteiger partial charge in [0.25, 0.3) is 0 Å². The molecule has 20 heavy (non-hydrogen) atoms. The minimum atomic E-state index is -2.75. The second-order valence-corrected chi connectivity index (χ2v) is 9.43. The molecule has 0 aromatic rings. The highest BCUT2D eigenvalue weighted by Crippen LogP contribution is 2.41. The molecule has 2 rings (SSSR count). The van der Waals surface area contributed by atoms with Crippen LogP contribution in [0.4, 0.5) is 0 Å². The van der Waals surface area contributed by atoms with E-state index >= 15 is 0 Å². The molecule has 2 aliphatic rings. The van der Waals surface area contributed by atoms with Gasteiger partial charge in [0.2, 0.25) is 0 Å². The van der Waals surface area contributed by atoms with Crippen LogP contribution in [0.25, 0.3) is 0 Å². The Balaban J connectivity index is 2.05. The topological polar surface area (TPSA) is 46.2 Å². The average molecular weight is 301 g/mol. The number of rotatable bonds is 5. The van der Waals surface area contributed by atoms with E-state index in [4.69, 9.17) is 0 Å². The van der Waals surface area contributed by atoms with Crippen molar-refractivity contribution in [2.75, 3.05) is 18.1 Å². The molecule has 118 valence electrons. The standard InChI is InChI=1S/C16H31NO2S/c1-4-8-17-16-6-5-13(12(2)3)10-15(16)14-7-9-20(18,19)11-14/h12-17H,4-11H2,1-3H3. The molecule has 4 unspecified atom stereocenters. The van der Waals surface area contributed by atoms with Gasteiger partial charge in [0.05, 0.1) is 11.5 Å². The molecule has 0 bridgehead atoms. The highest BCUT2D eigenvalue weighted by atomic mass is 32.2. The van der Waals surface area contributed by atoms with Gasteiger partial charge in [-0.25, -0.2) is 8.42 Å². The van der Waals surface area contributed by atoms with Gasteiger partial charge in [-0.1, -0.05) is 20.8 Å². The van der Waals surface area contributed by atoms with E-state index in [-0.39, 0.29) is 0 Å².